The highest BCUT2D eigenvalue weighted by Crippen LogP contribution is 2.47. The largest absolute Gasteiger partial charge is 0.243 e. The molecular formula is C13H12BrClN6S. The van der Waals surface area contributed by atoms with Crippen molar-refractivity contribution < 1.29 is 0 Å². The van der Waals surface area contributed by atoms with Crippen LogP contribution in [0.4, 0.5) is 0 Å². The van der Waals surface area contributed by atoms with E-state index in [1.54, 1.807) is 0 Å². The van der Waals surface area contributed by atoms with Gasteiger partial charge in [0.05, 0.1) is 37.5 Å². The number of hydrogen-bond donors (Lipinski definition) is 0. The Morgan fingerprint density at radius 1 is 0.864 bits per heavy atom. The molecule has 0 aromatic heterocycles. The Labute approximate surface area is 144 Å². The van der Waals surface area contributed by atoms with Gasteiger partial charge in [-0.1, -0.05) is 11.6 Å². The van der Waals surface area contributed by atoms with E-state index in [0.717, 1.165) is 32.4 Å². The summed E-state index contributed by atoms with van der Waals surface area (Å²) in [6.45, 7) is 7.88. The fourth-order valence-electron chi connectivity index (χ4n) is 2.57. The summed E-state index contributed by atoms with van der Waals surface area (Å²) in [5.74, 6) is 1.32. The van der Waals surface area contributed by atoms with E-state index in [-0.39, 0.29) is 0 Å². The first kappa shape index (κ1) is 14.3. The third-order valence-electron chi connectivity index (χ3n) is 3.68. The zero-order chi connectivity index (χ0) is 15.8. The number of hydrogen-bond acceptors (Lipinski definition) is 6. The zero-order valence-corrected chi connectivity index (χ0v) is 15.5. The maximum absolute atomic E-state index is 6.38. The van der Waals surface area contributed by atoms with Crippen LogP contribution in [0.15, 0.2) is 40.9 Å². The number of allylic oxidation sites excluding steroid dienone is 4. The molecule has 114 valence electrons. The van der Waals surface area contributed by atoms with Gasteiger partial charge in [0.15, 0.2) is 0 Å². The van der Waals surface area contributed by atoms with Crippen molar-refractivity contribution in [2.75, 3.05) is 0 Å². The minimum Gasteiger partial charge on any atom is -0.241 e. The Kier molecular flexibility index (Phi) is 3.02. The van der Waals surface area contributed by atoms with Crippen molar-refractivity contribution in [1.82, 2.24) is 8.61 Å². The van der Waals surface area contributed by atoms with Crippen molar-refractivity contribution >= 4 is 66.8 Å². The summed E-state index contributed by atoms with van der Waals surface area (Å²) in [6, 6.07) is 0. The summed E-state index contributed by atoms with van der Waals surface area (Å²) < 4.78 is 5.12. The molecule has 4 aliphatic rings. The number of nitrogens with zero attached hydrogens (tertiary/aromatic N) is 6. The second-order valence-corrected chi connectivity index (χ2v) is 7.95. The quantitative estimate of drug-likeness (QED) is 0.585. The lowest BCUT2D eigenvalue weighted by molar-refractivity contribution is 0.736. The lowest BCUT2D eigenvalue weighted by Crippen LogP contribution is -2.34. The van der Waals surface area contributed by atoms with Crippen molar-refractivity contribution in [3.8, 4) is 0 Å². The van der Waals surface area contributed by atoms with E-state index in [0.29, 0.717) is 17.0 Å². The molecule has 0 aromatic rings. The van der Waals surface area contributed by atoms with E-state index in [4.69, 9.17) is 11.6 Å². The monoisotopic (exact) mass is 398 g/mol. The fourth-order valence-corrected chi connectivity index (χ4v) is 5.12. The van der Waals surface area contributed by atoms with Crippen LogP contribution in [0.25, 0.3) is 0 Å². The van der Waals surface area contributed by atoms with Crippen LogP contribution in [0.5, 0.6) is 0 Å². The Hall–Kier alpha value is -1.25. The van der Waals surface area contributed by atoms with Crippen LogP contribution in [0.1, 0.15) is 27.7 Å². The summed E-state index contributed by atoms with van der Waals surface area (Å²) >= 11 is 9.98. The number of rotatable bonds is 0. The summed E-state index contributed by atoms with van der Waals surface area (Å²) in [6.07, 6.45) is 0. The zero-order valence-electron chi connectivity index (χ0n) is 12.3. The molecule has 4 heterocycles. The van der Waals surface area contributed by atoms with Crippen LogP contribution in [0, 0.1) is 0 Å². The standard InChI is InChI=1S/C13H12BrClN6S/c1-5-9(14)7(3)20-11(16-5)18-13-19-12-17-6(2)10(15)8(4)21(12)22(13)20/h1-4H3. The first-order valence-electron chi connectivity index (χ1n) is 6.63. The number of halogens is 2. The molecule has 4 rings (SSSR count). The molecule has 9 heteroatoms. The van der Waals surface area contributed by atoms with Gasteiger partial charge in [0, 0.05) is 5.70 Å². The normalized spacial score (nSPS) is 26.6. The van der Waals surface area contributed by atoms with Gasteiger partial charge in [-0.25, -0.2) is 18.6 Å². The average molecular weight is 400 g/mol. The summed E-state index contributed by atoms with van der Waals surface area (Å²) in [5.41, 5.74) is 3.71. The number of fused-ring (bicyclic) bond motifs is 4. The SMILES string of the molecule is CC1=NC2=NC3=S(N2C(C)=C1Cl)N1C(=N3)N=C(C)C(Br)=C1C. The molecule has 0 saturated heterocycles. The molecule has 0 saturated carbocycles. The molecule has 1 atom stereocenters. The smallest absolute Gasteiger partial charge is 0.241 e. The maximum Gasteiger partial charge on any atom is 0.243 e. The third kappa shape index (κ3) is 1.71. The molecule has 0 aromatic carbocycles. The van der Waals surface area contributed by atoms with Gasteiger partial charge < -0.3 is 0 Å². The second-order valence-electron chi connectivity index (χ2n) is 5.15. The minimum absolute atomic E-state index is 0.501. The molecule has 6 nitrogen and oxygen atoms in total. The van der Waals surface area contributed by atoms with Gasteiger partial charge in [0.1, 0.15) is 0 Å². The molecule has 22 heavy (non-hydrogen) atoms. The van der Waals surface area contributed by atoms with Crippen LogP contribution in [0.2, 0.25) is 0 Å². The molecule has 4 aliphatic heterocycles. The van der Waals surface area contributed by atoms with Gasteiger partial charge in [-0.2, -0.15) is 9.98 Å². The van der Waals surface area contributed by atoms with Crippen LogP contribution < -0.4 is 0 Å². The summed E-state index contributed by atoms with van der Waals surface area (Å²) in [7, 11) is -0.501. The molecule has 0 aliphatic carbocycles. The Balaban J connectivity index is 1.88. The van der Waals surface area contributed by atoms with Crippen LogP contribution in [-0.4, -0.2) is 37.1 Å². The van der Waals surface area contributed by atoms with E-state index < -0.39 is 10.9 Å². The van der Waals surface area contributed by atoms with Crippen molar-refractivity contribution in [1.29, 1.82) is 0 Å². The van der Waals surface area contributed by atoms with Crippen LogP contribution >= 0.6 is 38.4 Å². The predicted molar refractivity (Wildman–Crippen MR) is 97.5 cm³/mol. The molecule has 1 unspecified atom stereocenters. The van der Waals surface area contributed by atoms with E-state index in [1.165, 1.54) is 0 Å². The van der Waals surface area contributed by atoms with Crippen LogP contribution in [-0.2, 0) is 0 Å². The van der Waals surface area contributed by atoms with Crippen LogP contribution in [0.3, 0.4) is 0 Å². The highest BCUT2D eigenvalue weighted by molar-refractivity contribution is 9.12. The van der Waals surface area contributed by atoms with Crippen molar-refractivity contribution in [3.05, 3.63) is 20.9 Å². The molecule has 0 amide bonds. The second kappa shape index (κ2) is 4.62. The Morgan fingerprint density at radius 3 is 2.05 bits per heavy atom. The maximum atomic E-state index is 6.38. The van der Waals surface area contributed by atoms with Gasteiger partial charge in [0.2, 0.25) is 17.0 Å². The van der Waals surface area contributed by atoms with E-state index >= 15 is 0 Å². The average Bonchev–Trinajstić information content (AvgIpc) is 2.97. The first-order chi connectivity index (χ1) is 10.4. The van der Waals surface area contributed by atoms with E-state index in [9.17, 15) is 0 Å². The fraction of sp³-hybridized carbons (Fsp3) is 0.308. The highest BCUT2D eigenvalue weighted by Gasteiger charge is 2.42. The topological polar surface area (TPSA) is 55.9 Å². The summed E-state index contributed by atoms with van der Waals surface area (Å²) in [5, 5.41) is 1.39. The van der Waals surface area contributed by atoms with Crippen molar-refractivity contribution in [3.63, 3.8) is 0 Å². The highest BCUT2D eigenvalue weighted by atomic mass is 79.9. The van der Waals surface area contributed by atoms with Gasteiger partial charge in [-0.15, -0.1) is 0 Å². The Morgan fingerprint density at radius 2 is 1.41 bits per heavy atom. The van der Waals surface area contributed by atoms with Gasteiger partial charge in [-0.3, -0.25) is 0 Å². The van der Waals surface area contributed by atoms with Gasteiger partial charge >= 0.3 is 0 Å². The predicted octanol–water partition coefficient (Wildman–Crippen LogP) is 3.56. The molecule has 0 bridgehead atoms. The van der Waals surface area contributed by atoms with Crippen molar-refractivity contribution in [2.45, 2.75) is 27.7 Å². The van der Waals surface area contributed by atoms with E-state index in [2.05, 4.69) is 40.2 Å². The molecule has 0 radical (unpaired) electrons. The molecular weight excluding hydrogens is 388 g/mol. The van der Waals surface area contributed by atoms with Crippen molar-refractivity contribution in [2.24, 2.45) is 20.0 Å². The lowest BCUT2D eigenvalue weighted by Gasteiger charge is -2.34. The summed E-state index contributed by atoms with van der Waals surface area (Å²) in [4.78, 5) is 18.2. The lowest BCUT2D eigenvalue weighted by atomic mass is 10.3. The van der Waals surface area contributed by atoms with E-state index in [1.807, 2.05) is 32.0 Å². The Bertz CT molecular complexity index is 792. The minimum atomic E-state index is -0.501. The van der Waals surface area contributed by atoms with Gasteiger partial charge in [0.25, 0.3) is 0 Å². The third-order valence-corrected chi connectivity index (χ3v) is 7.45. The number of guanidine groups is 2. The molecule has 0 N–H and O–H groups in total. The molecule has 0 spiro atoms. The number of aliphatic imine (C=N–C) groups is 4. The molecule has 0 fully saturated rings. The van der Waals surface area contributed by atoms with Gasteiger partial charge in [-0.05, 0) is 43.6 Å². The first-order valence-corrected chi connectivity index (χ1v) is 8.94.